The van der Waals surface area contributed by atoms with Gasteiger partial charge in [0.15, 0.2) is 0 Å². The van der Waals surface area contributed by atoms with Crippen molar-refractivity contribution in [3.63, 3.8) is 0 Å². The molecule has 0 aliphatic carbocycles. The van der Waals surface area contributed by atoms with Crippen LogP contribution in [0.1, 0.15) is 32.3 Å². The summed E-state index contributed by atoms with van der Waals surface area (Å²) in [5.41, 5.74) is -0.351. The van der Waals surface area contributed by atoms with Crippen LogP contribution in [0.2, 0.25) is 0 Å². The van der Waals surface area contributed by atoms with E-state index in [-0.39, 0.29) is 13.0 Å². The summed E-state index contributed by atoms with van der Waals surface area (Å²) in [6.45, 7) is 3.33. The number of rotatable bonds is 7. The SMILES string of the molecule is CCC(C)(O)CC(NC(=O)OCc1ccccc1)C(=O)O. The Hall–Kier alpha value is -2.08. The molecule has 1 amide bonds. The molecule has 116 valence electrons. The zero-order chi connectivity index (χ0) is 15.9. The number of alkyl carbamates (subject to hydrolysis) is 1. The summed E-state index contributed by atoms with van der Waals surface area (Å²) in [5.74, 6) is -1.21. The van der Waals surface area contributed by atoms with Crippen molar-refractivity contribution in [1.82, 2.24) is 5.32 Å². The van der Waals surface area contributed by atoms with Gasteiger partial charge in [-0.2, -0.15) is 0 Å². The first kappa shape index (κ1) is 17.0. The Morgan fingerprint density at radius 1 is 1.33 bits per heavy atom. The third-order valence-electron chi connectivity index (χ3n) is 3.21. The van der Waals surface area contributed by atoms with E-state index in [4.69, 9.17) is 9.84 Å². The zero-order valence-corrected chi connectivity index (χ0v) is 12.2. The molecule has 0 heterocycles. The fraction of sp³-hybridized carbons (Fsp3) is 0.467. The Balaban J connectivity index is 2.51. The number of carboxylic acids is 1. The lowest BCUT2D eigenvalue weighted by Gasteiger charge is -2.25. The van der Waals surface area contributed by atoms with E-state index < -0.39 is 23.7 Å². The number of benzene rings is 1. The molecule has 6 nitrogen and oxygen atoms in total. The summed E-state index contributed by atoms with van der Waals surface area (Å²) in [7, 11) is 0. The lowest BCUT2D eigenvalue weighted by Crippen LogP contribution is -2.45. The van der Waals surface area contributed by atoms with E-state index in [9.17, 15) is 14.7 Å². The second kappa shape index (κ2) is 7.64. The van der Waals surface area contributed by atoms with Gasteiger partial charge < -0.3 is 20.3 Å². The Morgan fingerprint density at radius 3 is 2.48 bits per heavy atom. The van der Waals surface area contributed by atoms with Crippen LogP contribution in [0.25, 0.3) is 0 Å². The highest BCUT2D eigenvalue weighted by atomic mass is 16.5. The van der Waals surface area contributed by atoms with Gasteiger partial charge in [-0.25, -0.2) is 9.59 Å². The maximum Gasteiger partial charge on any atom is 0.408 e. The fourth-order valence-electron chi connectivity index (χ4n) is 1.69. The molecule has 1 aromatic carbocycles. The summed E-state index contributed by atoms with van der Waals surface area (Å²) < 4.78 is 4.96. The first-order chi connectivity index (χ1) is 9.84. The number of nitrogens with one attached hydrogen (secondary N) is 1. The Labute approximate surface area is 123 Å². The van der Waals surface area contributed by atoms with Gasteiger partial charge in [0.2, 0.25) is 0 Å². The highest BCUT2D eigenvalue weighted by molar-refractivity contribution is 5.79. The number of hydrogen-bond donors (Lipinski definition) is 3. The highest BCUT2D eigenvalue weighted by Gasteiger charge is 2.29. The summed E-state index contributed by atoms with van der Waals surface area (Å²) in [6.07, 6.45) is -0.519. The second-order valence-electron chi connectivity index (χ2n) is 5.15. The van der Waals surface area contributed by atoms with Gasteiger partial charge in [-0.3, -0.25) is 0 Å². The average Bonchev–Trinajstić information content (AvgIpc) is 2.45. The number of carbonyl (C=O) groups excluding carboxylic acids is 1. The summed E-state index contributed by atoms with van der Waals surface area (Å²) in [4.78, 5) is 22.7. The number of amides is 1. The number of aliphatic hydroxyl groups is 1. The number of ether oxygens (including phenoxy) is 1. The summed E-state index contributed by atoms with van der Waals surface area (Å²) in [6, 6.07) is 7.87. The normalized spacial score (nSPS) is 14.8. The van der Waals surface area contributed by atoms with Crippen molar-refractivity contribution in [2.45, 2.75) is 44.9 Å². The van der Waals surface area contributed by atoms with Crippen LogP contribution in [0.3, 0.4) is 0 Å². The quantitative estimate of drug-likeness (QED) is 0.714. The smallest absolute Gasteiger partial charge is 0.408 e. The van der Waals surface area contributed by atoms with Crippen LogP contribution in [0.15, 0.2) is 30.3 Å². The van der Waals surface area contributed by atoms with E-state index in [2.05, 4.69) is 5.32 Å². The number of carboxylic acid groups (broad SMARTS) is 1. The van der Waals surface area contributed by atoms with E-state index in [1.165, 1.54) is 6.92 Å². The van der Waals surface area contributed by atoms with Gasteiger partial charge in [0, 0.05) is 6.42 Å². The fourth-order valence-corrected chi connectivity index (χ4v) is 1.69. The molecule has 6 heteroatoms. The zero-order valence-electron chi connectivity index (χ0n) is 12.2. The highest BCUT2D eigenvalue weighted by Crippen LogP contribution is 2.16. The van der Waals surface area contributed by atoms with Gasteiger partial charge in [-0.15, -0.1) is 0 Å². The molecule has 21 heavy (non-hydrogen) atoms. The lowest BCUT2D eigenvalue weighted by atomic mass is 9.94. The van der Waals surface area contributed by atoms with Crippen LogP contribution >= 0.6 is 0 Å². The van der Waals surface area contributed by atoms with Crippen LogP contribution in [-0.2, 0) is 16.1 Å². The van der Waals surface area contributed by atoms with Gasteiger partial charge in [0.25, 0.3) is 0 Å². The third-order valence-corrected chi connectivity index (χ3v) is 3.21. The van der Waals surface area contributed by atoms with Crippen LogP contribution < -0.4 is 5.32 Å². The topological polar surface area (TPSA) is 95.9 Å². The molecule has 0 fully saturated rings. The molecule has 0 saturated carbocycles. The van der Waals surface area contributed by atoms with Crippen LogP contribution in [0.4, 0.5) is 4.79 Å². The van der Waals surface area contributed by atoms with Gasteiger partial charge in [0.1, 0.15) is 12.6 Å². The summed E-state index contributed by atoms with van der Waals surface area (Å²) in [5, 5.41) is 21.2. The largest absolute Gasteiger partial charge is 0.480 e. The molecule has 0 spiro atoms. The number of hydrogen-bond acceptors (Lipinski definition) is 4. The molecule has 0 radical (unpaired) electrons. The van der Waals surface area contributed by atoms with Crippen molar-refractivity contribution < 1.29 is 24.5 Å². The molecule has 1 rings (SSSR count). The first-order valence-electron chi connectivity index (χ1n) is 6.76. The van der Waals surface area contributed by atoms with E-state index in [0.717, 1.165) is 5.56 Å². The first-order valence-corrected chi connectivity index (χ1v) is 6.76. The molecule has 0 aromatic heterocycles. The average molecular weight is 295 g/mol. The molecule has 0 saturated heterocycles. The van der Waals surface area contributed by atoms with Gasteiger partial charge in [-0.05, 0) is 18.9 Å². The minimum atomic E-state index is -1.21. The van der Waals surface area contributed by atoms with Gasteiger partial charge in [0.05, 0.1) is 5.60 Å². The standard InChI is InChI=1S/C15H21NO5/c1-3-15(2,20)9-12(13(17)18)16-14(19)21-10-11-7-5-4-6-8-11/h4-8,12,20H,3,9-10H2,1-2H3,(H,16,19)(H,17,18). The maximum atomic E-state index is 11.6. The van der Waals surface area contributed by atoms with Crippen LogP contribution in [0, 0.1) is 0 Å². The van der Waals surface area contributed by atoms with Gasteiger partial charge in [-0.1, -0.05) is 37.3 Å². The van der Waals surface area contributed by atoms with Crippen molar-refractivity contribution in [2.75, 3.05) is 0 Å². The van der Waals surface area contributed by atoms with E-state index in [1.807, 2.05) is 18.2 Å². The van der Waals surface area contributed by atoms with Crippen LogP contribution in [-0.4, -0.2) is 33.9 Å². The van der Waals surface area contributed by atoms with Crippen molar-refractivity contribution in [3.8, 4) is 0 Å². The number of carbonyl (C=O) groups is 2. The molecule has 2 unspecified atom stereocenters. The van der Waals surface area contributed by atoms with Gasteiger partial charge >= 0.3 is 12.1 Å². The predicted octanol–water partition coefficient (Wildman–Crippen LogP) is 1.92. The Morgan fingerprint density at radius 2 is 1.95 bits per heavy atom. The van der Waals surface area contributed by atoms with Crippen molar-refractivity contribution in [3.05, 3.63) is 35.9 Å². The minimum absolute atomic E-state index is 0.0587. The molecule has 0 aliphatic rings. The summed E-state index contributed by atoms with van der Waals surface area (Å²) >= 11 is 0. The third kappa shape index (κ3) is 6.27. The molecular weight excluding hydrogens is 274 g/mol. The maximum absolute atomic E-state index is 11.6. The molecular formula is C15H21NO5. The minimum Gasteiger partial charge on any atom is -0.480 e. The monoisotopic (exact) mass is 295 g/mol. The molecule has 1 aromatic rings. The van der Waals surface area contributed by atoms with Crippen molar-refractivity contribution in [2.24, 2.45) is 0 Å². The van der Waals surface area contributed by atoms with E-state index >= 15 is 0 Å². The van der Waals surface area contributed by atoms with Crippen molar-refractivity contribution >= 4 is 12.1 Å². The lowest BCUT2D eigenvalue weighted by molar-refractivity contribution is -0.141. The second-order valence-corrected chi connectivity index (χ2v) is 5.15. The molecule has 0 aliphatic heterocycles. The Kier molecular flexibility index (Phi) is 6.17. The Bertz CT molecular complexity index is 472. The van der Waals surface area contributed by atoms with Crippen LogP contribution in [0.5, 0.6) is 0 Å². The molecule has 2 atom stereocenters. The van der Waals surface area contributed by atoms with E-state index in [1.54, 1.807) is 19.1 Å². The van der Waals surface area contributed by atoms with E-state index in [0.29, 0.717) is 6.42 Å². The molecule has 0 bridgehead atoms. The predicted molar refractivity (Wildman–Crippen MR) is 76.7 cm³/mol. The number of aliphatic carboxylic acids is 1. The van der Waals surface area contributed by atoms with Crippen molar-refractivity contribution in [1.29, 1.82) is 0 Å². The molecule has 3 N–H and O–H groups in total.